The molecule has 1 heterocycles. The number of nitrogens with zero attached hydrogens (tertiary/aromatic N) is 1. The molecule has 0 saturated carbocycles. The first-order chi connectivity index (χ1) is 15.6. The van der Waals surface area contributed by atoms with Crippen molar-refractivity contribution < 1.29 is 19.1 Å². The van der Waals surface area contributed by atoms with Crippen molar-refractivity contribution in [3.05, 3.63) is 89.5 Å². The number of nitrogens with one attached hydrogen (secondary N) is 1. The number of hydrogen-bond donors (Lipinski definition) is 1. The predicted octanol–water partition coefficient (Wildman–Crippen LogP) is 4.56. The largest absolute Gasteiger partial charge is 0.488 e. The quantitative estimate of drug-likeness (QED) is 0.557. The molecule has 0 atom stereocenters. The zero-order chi connectivity index (χ0) is 22.3. The second-order valence-electron chi connectivity index (χ2n) is 7.61. The highest BCUT2D eigenvalue weighted by molar-refractivity contribution is 6.10. The molecule has 0 spiro atoms. The highest BCUT2D eigenvalue weighted by Gasteiger charge is 2.18. The number of benzene rings is 3. The van der Waals surface area contributed by atoms with Crippen LogP contribution in [0.4, 0.5) is 11.4 Å². The first-order valence-corrected chi connectivity index (χ1v) is 10.7. The zero-order valence-electron chi connectivity index (χ0n) is 18.0. The Balaban J connectivity index is 1.53. The van der Waals surface area contributed by atoms with E-state index in [9.17, 15) is 9.59 Å². The number of amides is 1. The van der Waals surface area contributed by atoms with Crippen molar-refractivity contribution in [2.24, 2.45) is 0 Å². The standard InChI is InChI=1S/C26H26N2O4/c1-19(29)23-17-21(28-13-15-31-16-14-28)11-12-24(23)27-26(30)22-9-5-6-10-25(22)32-18-20-7-3-2-4-8-20/h2-12,17H,13-16,18H2,1H3,(H,27,30). The summed E-state index contributed by atoms with van der Waals surface area (Å²) >= 11 is 0. The number of para-hydroxylation sites is 1. The summed E-state index contributed by atoms with van der Waals surface area (Å²) in [5.41, 5.74) is 3.33. The third-order valence-electron chi connectivity index (χ3n) is 5.38. The van der Waals surface area contributed by atoms with Crippen LogP contribution in [0.2, 0.25) is 0 Å². The minimum absolute atomic E-state index is 0.107. The zero-order valence-corrected chi connectivity index (χ0v) is 18.0. The number of anilines is 2. The average molecular weight is 431 g/mol. The summed E-state index contributed by atoms with van der Waals surface area (Å²) in [4.78, 5) is 27.6. The molecule has 1 N–H and O–H groups in total. The van der Waals surface area contributed by atoms with E-state index in [2.05, 4.69) is 10.2 Å². The van der Waals surface area contributed by atoms with Gasteiger partial charge in [0.15, 0.2) is 5.78 Å². The van der Waals surface area contributed by atoms with Gasteiger partial charge in [-0.3, -0.25) is 9.59 Å². The van der Waals surface area contributed by atoms with E-state index < -0.39 is 0 Å². The highest BCUT2D eigenvalue weighted by Crippen LogP contribution is 2.27. The van der Waals surface area contributed by atoms with Gasteiger partial charge < -0.3 is 19.7 Å². The molecule has 0 unspecified atom stereocenters. The maximum Gasteiger partial charge on any atom is 0.259 e. The fourth-order valence-electron chi connectivity index (χ4n) is 3.66. The average Bonchev–Trinajstić information content (AvgIpc) is 2.84. The maximum absolute atomic E-state index is 13.1. The number of Topliss-reactive ketones (excluding diaryl/α,β-unsaturated/α-hetero) is 1. The molecule has 3 aromatic carbocycles. The first kappa shape index (κ1) is 21.6. The van der Waals surface area contributed by atoms with Crippen molar-refractivity contribution in [1.29, 1.82) is 0 Å². The van der Waals surface area contributed by atoms with Gasteiger partial charge in [-0.2, -0.15) is 0 Å². The lowest BCUT2D eigenvalue weighted by Gasteiger charge is -2.29. The molecule has 0 aromatic heterocycles. The van der Waals surface area contributed by atoms with Crippen molar-refractivity contribution in [2.75, 3.05) is 36.5 Å². The summed E-state index contributed by atoms with van der Waals surface area (Å²) in [5.74, 6) is 0.0578. The lowest BCUT2D eigenvalue weighted by atomic mass is 10.1. The predicted molar refractivity (Wildman–Crippen MR) is 125 cm³/mol. The number of ketones is 1. The van der Waals surface area contributed by atoms with E-state index in [1.54, 1.807) is 24.3 Å². The van der Waals surface area contributed by atoms with Gasteiger partial charge in [-0.05, 0) is 42.8 Å². The van der Waals surface area contributed by atoms with Gasteiger partial charge in [0, 0.05) is 24.3 Å². The van der Waals surface area contributed by atoms with Crippen molar-refractivity contribution in [2.45, 2.75) is 13.5 Å². The van der Waals surface area contributed by atoms with Gasteiger partial charge in [-0.25, -0.2) is 0 Å². The summed E-state index contributed by atoms with van der Waals surface area (Å²) < 4.78 is 11.3. The summed E-state index contributed by atoms with van der Waals surface area (Å²) in [6, 6.07) is 22.4. The number of morpholine rings is 1. The third kappa shape index (κ3) is 5.15. The molecule has 1 saturated heterocycles. The van der Waals surface area contributed by atoms with Crippen molar-refractivity contribution >= 4 is 23.1 Å². The Bertz CT molecular complexity index is 1090. The number of hydrogen-bond acceptors (Lipinski definition) is 5. The summed E-state index contributed by atoms with van der Waals surface area (Å²) in [7, 11) is 0. The molecule has 3 aromatic rings. The normalized spacial score (nSPS) is 13.5. The van der Waals surface area contributed by atoms with Crippen LogP contribution in [0.1, 0.15) is 33.2 Å². The van der Waals surface area contributed by atoms with E-state index in [4.69, 9.17) is 9.47 Å². The molecule has 0 radical (unpaired) electrons. The SMILES string of the molecule is CC(=O)c1cc(N2CCOCC2)ccc1NC(=O)c1ccccc1OCc1ccccc1. The molecule has 1 aliphatic rings. The number of carbonyl (C=O) groups is 2. The van der Waals surface area contributed by atoms with Crippen molar-refractivity contribution in [1.82, 2.24) is 0 Å². The third-order valence-corrected chi connectivity index (χ3v) is 5.38. The van der Waals surface area contributed by atoms with Crippen LogP contribution < -0.4 is 15.0 Å². The van der Waals surface area contributed by atoms with Crippen LogP contribution in [-0.2, 0) is 11.3 Å². The van der Waals surface area contributed by atoms with Crippen LogP contribution in [0.15, 0.2) is 72.8 Å². The number of ether oxygens (including phenoxy) is 2. The van der Waals surface area contributed by atoms with Crippen LogP contribution in [0, 0.1) is 0 Å². The lowest BCUT2D eigenvalue weighted by molar-refractivity contribution is 0.101. The smallest absolute Gasteiger partial charge is 0.259 e. The van der Waals surface area contributed by atoms with Crippen LogP contribution >= 0.6 is 0 Å². The van der Waals surface area contributed by atoms with Crippen LogP contribution in [-0.4, -0.2) is 38.0 Å². The number of carbonyl (C=O) groups excluding carboxylic acids is 2. The Morgan fingerprint density at radius 2 is 1.66 bits per heavy atom. The molecule has 164 valence electrons. The fraction of sp³-hybridized carbons (Fsp3) is 0.231. The Labute approximate surface area is 187 Å². The highest BCUT2D eigenvalue weighted by atomic mass is 16.5. The molecule has 0 bridgehead atoms. The second kappa shape index (κ2) is 10.1. The molecule has 1 fully saturated rings. The van der Waals surface area contributed by atoms with Gasteiger partial charge in [0.1, 0.15) is 12.4 Å². The Morgan fingerprint density at radius 3 is 2.41 bits per heavy atom. The monoisotopic (exact) mass is 430 g/mol. The van der Waals surface area contributed by atoms with Crippen molar-refractivity contribution in [3.63, 3.8) is 0 Å². The van der Waals surface area contributed by atoms with E-state index in [0.29, 0.717) is 42.4 Å². The fourth-order valence-corrected chi connectivity index (χ4v) is 3.66. The molecular weight excluding hydrogens is 404 g/mol. The van der Waals surface area contributed by atoms with Crippen LogP contribution in [0.5, 0.6) is 5.75 Å². The Kier molecular flexibility index (Phi) is 6.82. The van der Waals surface area contributed by atoms with E-state index in [1.165, 1.54) is 6.92 Å². The maximum atomic E-state index is 13.1. The summed E-state index contributed by atoms with van der Waals surface area (Å²) in [6.45, 7) is 4.73. The van der Waals surface area contributed by atoms with Crippen molar-refractivity contribution in [3.8, 4) is 5.75 Å². The minimum atomic E-state index is -0.324. The molecule has 0 aliphatic carbocycles. The molecule has 1 aliphatic heterocycles. The van der Waals surface area contributed by atoms with E-state index in [0.717, 1.165) is 24.3 Å². The minimum Gasteiger partial charge on any atom is -0.488 e. The van der Waals surface area contributed by atoms with E-state index in [-0.39, 0.29) is 11.7 Å². The molecular formula is C26H26N2O4. The van der Waals surface area contributed by atoms with Crippen LogP contribution in [0.25, 0.3) is 0 Å². The second-order valence-corrected chi connectivity index (χ2v) is 7.61. The topological polar surface area (TPSA) is 67.9 Å². The van der Waals surface area contributed by atoms with E-state index >= 15 is 0 Å². The van der Waals surface area contributed by atoms with Gasteiger partial charge in [0.05, 0.1) is 24.5 Å². The number of rotatable bonds is 7. The molecule has 4 rings (SSSR count). The molecule has 6 heteroatoms. The molecule has 6 nitrogen and oxygen atoms in total. The Hall–Kier alpha value is -3.64. The van der Waals surface area contributed by atoms with Crippen LogP contribution in [0.3, 0.4) is 0 Å². The molecule has 32 heavy (non-hydrogen) atoms. The summed E-state index contributed by atoms with van der Waals surface area (Å²) in [5, 5.41) is 2.89. The lowest BCUT2D eigenvalue weighted by Crippen LogP contribution is -2.36. The van der Waals surface area contributed by atoms with Gasteiger partial charge in [0.25, 0.3) is 5.91 Å². The van der Waals surface area contributed by atoms with Gasteiger partial charge in [-0.15, -0.1) is 0 Å². The van der Waals surface area contributed by atoms with E-state index in [1.807, 2.05) is 48.5 Å². The van der Waals surface area contributed by atoms with Gasteiger partial charge in [0.2, 0.25) is 0 Å². The first-order valence-electron chi connectivity index (χ1n) is 10.7. The van der Waals surface area contributed by atoms with Gasteiger partial charge >= 0.3 is 0 Å². The summed E-state index contributed by atoms with van der Waals surface area (Å²) in [6.07, 6.45) is 0. The van der Waals surface area contributed by atoms with Gasteiger partial charge in [-0.1, -0.05) is 42.5 Å². The Morgan fingerprint density at radius 1 is 0.938 bits per heavy atom. The molecule has 1 amide bonds.